The number of hydrogen-bond donors (Lipinski definition) is 1. The Kier molecular flexibility index (Phi) is 8.20. The van der Waals surface area contributed by atoms with E-state index in [0.717, 1.165) is 11.1 Å². The Balaban J connectivity index is 1.57. The van der Waals surface area contributed by atoms with Crippen molar-refractivity contribution >= 4 is 29.4 Å². The van der Waals surface area contributed by atoms with Gasteiger partial charge in [-0.15, -0.1) is 0 Å². The van der Waals surface area contributed by atoms with E-state index in [-0.39, 0.29) is 31.2 Å². The van der Waals surface area contributed by atoms with Crippen molar-refractivity contribution in [2.45, 2.75) is 33.4 Å². The Bertz CT molecular complexity index is 1210. The molecule has 10 nitrogen and oxygen atoms in total. The van der Waals surface area contributed by atoms with E-state index in [0.29, 0.717) is 27.9 Å². The fourth-order valence-electron chi connectivity index (χ4n) is 3.30. The maximum Gasteiger partial charge on any atom is 0.312 e. The molecule has 0 radical (unpaired) electrons. The highest BCUT2D eigenvalue weighted by Gasteiger charge is 2.21. The van der Waals surface area contributed by atoms with Gasteiger partial charge < -0.3 is 9.47 Å². The topological polar surface area (TPSA) is 121 Å². The third kappa shape index (κ3) is 6.32. The second kappa shape index (κ2) is 11.3. The number of methoxy groups -OCH3 is 1. The molecule has 1 aromatic heterocycles. The zero-order valence-corrected chi connectivity index (χ0v) is 19.7. The van der Waals surface area contributed by atoms with Crippen LogP contribution in [0, 0.1) is 24.0 Å². The molecule has 11 heteroatoms. The smallest absolute Gasteiger partial charge is 0.312 e. The number of benzene rings is 2. The average Bonchev–Trinajstić information content (AvgIpc) is 3.10. The highest BCUT2D eigenvalue weighted by Crippen LogP contribution is 2.23. The van der Waals surface area contributed by atoms with E-state index in [9.17, 15) is 14.9 Å². The van der Waals surface area contributed by atoms with Crippen LogP contribution < -0.4 is 14.9 Å². The summed E-state index contributed by atoms with van der Waals surface area (Å²) in [5, 5.41) is 19.8. The standard InChI is InChI=1S/C23H24ClN5O5/c1-15-23(29(31)32)16(2)28(27-15)11-10-22(30)26-25-13-17-4-9-21(33-3)18(12-17)14-34-20-7-5-19(24)6-8-20/h4-9,12-13H,10-11,14H2,1-3H3,(H,26,30)/b25-13-. The number of ether oxygens (including phenoxy) is 2. The normalized spacial score (nSPS) is 10.9. The molecule has 0 aliphatic heterocycles. The summed E-state index contributed by atoms with van der Waals surface area (Å²) >= 11 is 5.90. The SMILES string of the molecule is COc1ccc(/C=N\NC(=O)CCn2nc(C)c([N+](=O)[O-])c2C)cc1COc1ccc(Cl)cc1. The Morgan fingerprint density at radius 2 is 2.00 bits per heavy atom. The van der Waals surface area contributed by atoms with E-state index in [1.165, 1.54) is 10.9 Å². The Morgan fingerprint density at radius 3 is 2.65 bits per heavy atom. The number of nitrogens with zero attached hydrogens (tertiary/aromatic N) is 4. The van der Waals surface area contributed by atoms with Crippen molar-refractivity contribution in [2.24, 2.45) is 5.10 Å². The first kappa shape index (κ1) is 24.7. The van der Waals surface area contributed by atoms with Gasteiger partial charge in [-0.25, -0.2) is 5.43 Å². The van der Waals surface area contributed by atoms with Gasteiger partial charge in [0.05, 0.1) is 24.8 Å². The van der Waals surface area contributed by atoms with E-state index in [1.807, 2.05) is 6.07 Å². The number of aromatic nitrogens is 2. The molecule has 0 aliphatic rings. The van der Waals surface area contributed by atoms with Crippen molar-refractivity contribution < 1.29 is 19.2 Å². The maximum absolute atomic E-state index is 12.1. The van der Waals surface area contributed by atoms with Crippen LogP contribution in [0.15, 0.2) is 47.6 Å². The van der Waals surface area contributed by atoms with Crippen LogP contribution in [0.5, 0.6) is 11.5 Å². The van der Waals surface area contributed by atoms with Crippen LogP contribution in [-0.2, 0) is 17.9 Å². The third-order valence-electron chi connectivity index (χ3n) is 4.99. The van der Waals surface area contributed by atoms with Gasteiger partial charge in [-0.05, 0) is 61.9 Å². The molecule has 2 aromatic carbocycles. The zero-order chi connectivity index (χ0) is 24.7. The molecule has 0 spiro atoms. The van der Waals surface area contributed by atoms with Gasteiger partial charge in [0, 0.05) is 17.0 Å². The zero-order valence-electron chi connectivity index (χ0n) is 18.9. The molecule has 3 aromatic rings. The average molecular weight is 486 g/mol. The predicted molar refractivity (Wildman–Crippen MR) is 127 cm³/mol. The molecule has 0 saturated heterocycles. The van der Waals surface area contributed by atoms with Crippen LogP contribution >= 0.6 is 11.6 Å². The second-order valence-corrected chi connectivity index (χ2v) is 7.79. The molecule has 1 N–H and O–H groups in total. The molecule has 178 valence electrons. The number of halogens is 1. The van der Waals surface area contributed by atoms with Crippen molar-refractivity contribution in [3.05, 3.63) is 80.1 Å². The quantitative estimate of drug-likeness (QED) is 0.261. The number of carbonyl (C=O) groups is 1. The lowest BCUT2D eigenvalue weighted by Crippen LogP contribution is -2.20. The van der Waals surface area contributed by atoms with Crippen LogP contribution in [0.2, 0.25) is 5.02 Å². The van der Waals surface area contributed by atoms with Gasteiger partial charge in [0.15, 0.2) is 0 Å². The number of hydrogen-bond acceptors (Lipinski definition) is 7. The van der Waals surface area contributed by atoms with Crippen LogP contribution in [0.25, 0.3) is 0 Å². The fraction of sp³-hybridized carbons (Fsp3) is 0.261. The monoisotopic (exact) mass is 485 g/mol. The van der Waals surface area contributed by atoms with Crippen LogP contribution in [0.3, 0.4) is 0 Å². The summed E-state index contributed by atoms with van der Waals surface area (Å²) in [4.78, 5) is 22.8. The molecule has 0 aliphatic carbocycles. The highest BCUT2D eigenvalue weighted by atomic mass is 35.5. The summed E-state index contributed by atoms with van der Waals surface area (Å²) < 4.78 is 12.6. The van der Waals surface area contributed by atoms with E-state index < -0.39 is 4.92 Å². The van der Waals surface area contributed by atoms with Crippen molar-refractivity contribution in [3.8, 4) is 11.5 Å². The van der Waals surface area contributed by atoms with Gasteiger partial charge in [0.25, 0.3) is 0 Å². The number of carbonyl (C=O) groups excluding carboxylic acids is 1. The van der Waals surface area contributed by atoms with E-state index in [1.54, 1.807) is 57.4 Å². The maximum atomic E-state index is 12.1. The third-order valence-corrected chi connectivity index (χ3v) is 5.24. The van der Waals surface area contributed by atoms with E-state index in [2.05, 4.69) is 15.6 Å². The molecule has 1 heterocycles. The first-order chi connectivity index (χ1) is 16.3. The highest BCUT2D eigenvalue weighted by molar-refractivity contribution is 6.30. The van der Waals surface area contributed by atoms with Crippen LogP contribution in [0.1, 0.15) is 28.9 Å². The molecule has 0 unspecified atom stereocenters. The summed E-state index contributed by atoms with van der Waals surface area (Å²) in [5.74, 6) is 0.992. The lowest BCUT2D eigenvalue weighted by molar-refractivity contribution is -0.386. The first-order valence-electron chi connectivity index (χ1n) is 10.3. The second-order valence-electron chi connectivity index (χ2n) is 7.36. The number of nitrogens with one attached hydrogen (secondary N) is 1. The van der Waals surface area contributed by atoms with Crippen molar-refractivity contribution in [3.63, 3.8) is 0 Å². The number of hydrazone groups is 1. The first-order valence-corrected chi connectivity index (χ1v) is 10.7. The molecule has 0 fully saturated rings. The Labute approximate surface area is 201 Å². The van der Waals surface area contributed by atoms with E-state index in [4.69, 9.17) is 21.1 Å². The summed E-state index contributed by atoms with van der Waals surface area (Å²) in [5.41, 5.74) is 4.69. The molecular formula is C23H24ClN5O5. The van der Waals surface area contributed by atoms with E-state index >= 15 is 0 Å². The molecule has 0 saturated carbocycles. The van der Waals surface area contributed by atoms with Crippen molar-refractivity contribution in [1.82, 2.24) is 15.2 Å². The molecule has 0 atom stereocenters. The molecule has 1 amide bonds. The lowest BCUT2D eigenvalue weighted by atomic mass is 10.1. The molecular weight excluding hydrogens is 462 g/mol. The summed E-state index contributed by atoms with van der Waals surface area (Å²) in [6, 6.07) is 12.5. The molecule has 3 rings (SSSR count). The number of amides is 1. The van der Waals surface area contributed by atoms with Crippen LogP contribution in [-0.4, -0.2) is 33.9 Å². The molecule has 34 heavy (non-hydrogen) atoms. The Hall–Kier alpha value is -3.92. The minimum absolute atomic E-state index is 0.0335. The lowest BCUT2D eigenvalue weighted by Gasteiger charge is -2.11. The minimum atomic E-state index is -0.470. The van der Waals surface area contributed by atoms with Gasteiger partial charge in [-0.2, -0.15) is 10.2 Å². The summed E-state index contributed by atoms with van der Waals surface area (Å²) in [6.07, 6.45) is 1.58. The van der Waals surface area contributed by atoms with Gasteiger partial charge in [0.2, 0.25) is 5.91 Å². The van der Waals surface area contributed by atoms with Gasteiger partial charge in [0.1, 0.15) is 29.5 Å². The summed E-state index contributed by atoms with van der Waals surface area (Å²) in [6.45, 7) is 3.64. The van der Waals surface area contributed by atoms with Gasteiger partial charge in [-0.3, -0.25) is 19.6 Å². The number of nitro groups is 1. The Morgan fingerprint density at radius 1 is 1.26 bits per heavy atom. The predicted octanol–water partition coefficient (Wildman–Crippen LogP) is 4.19. The number of rotatable bonds is 10. The van der Waals surface area contributed by atoms with Gasteiger partial charge >= 0.3 is 5.69 Å². The van der Waals surface area contributed by atoms with Crippen LogP contribution in [0.4, 0.5) is 5.69 Å². The fourth-order valence-corrected chi connectivity index (χ4v) is 3.42. The number of aryl methyl sites for hydroxylation is 2. The molecule has 0 bridgehead atoms. The largest absolute Gasteiger partial charge is 0.496 e. The van der Waals surface area contributed by atoms with Gasteiger partial charge in [-0.1, -0.05) is 11.6 Å². The van der Waals surface area contributed by atoms with Crippen molar-refractivity contribution in [2.75, 3.05) is 7.11 Å². The minimum Gasteiger partial charge on any atom is -0.496 e. The summed E-state index contributed by atoms with van der Waals surface area (Å²) in [7, 11) is 1.58. The van der Waals surface area contributed by atoms with Crippen molar-refractivity contribution in [1.29, 1.82) is 0 Å².